The summed E-state index contributed by atoms with van der Waals surface area (Å²) in [6, 6.07) is 0. The number of carboxylic acid groups (broad SMARTS) is 1. The van der Waals surface area contributed by atoms with E-state index in [1.54, 1.807) is 0 Å². The molecule has 1 N–H and O–H groups in total. The lowest BCUT2D eigenvalue weighted by Crippen LogP contribution is -2.47. The summed E-state index contributed by atoms with van der Waals surface area (Å²) < 4.78 is 5.58. The Labute approximate surface area is 126 Å². The van der Waals surface area contributed by atoms with Crippen molar-refractivity contribution in [2.24, 2.45) is 5.41 Å². The molecular formula is C16H27NO4. The van der Waals surface area contributed by atoms with Crippen LogP contribution in [0.4, 0.5) is 0 Å². The summed E-state index contributed by atoms with van der Waals surface area (Å²) in [6.07, 6.45) is 7.18. The second-order valence-corrected chi connectivity index (χ2v) is 6.35. The number of ether oxygens (including phenoxy) is 1. The molecule has 0 aromatic carbocycles. The van der Waals surface area contributed by atoms with Crippen LogP contribution in [-0.4, -0.2) is 47.7 Å². The molecule has 0 unspecified atom stereocenters. The lowest BCUT2D eigenvalue weighted by Gasteiger charge is -2.38. The molecule has 1 amide bonds. The highest BCUT2D eigenvalue weighted by Crippen LogP contribution is 2.42. The van der Waals surface area contributed by atoms with Gasteiger partial charge in [-0.05, 0) is 32.1 Å². The fraction of sp³-hybridized carbons (Fsp3) is 0.875. The summed E-state index contributed by atoms with van der Waals surface area (Å²) in [5.41, 5.74) is -0.100. The van der Waals surface area contributed by atoms with Crippen LogP contribution in [0.5, 0.6) is 0 Å². The average Bonchev–Trinajstić information content (AvgIpc) is 2.97. The van der Waals surface area contributed by atoms with Gasteiger partial charge in [0.2, 0.25) is 5.91 Å². The number of nitrogens with zero attached hydrogens (tertiary/aromatic N) is 1. The van der Waals surface area contributed by atoms with Gasteiger partial charge in [-0.2, -0.15) is 0 Å². The molecule has 0 radical (unpaired) electrons. The fourth-order valence-corrected chi connectivity index (χ4v) is 3.64. The number of carboxylic acids is 1. The van der Waals surface area contributed by atoms with Gasteiger partial charge in [-0.1, -0.05) is 19.8 Å². The molecule has 5 heteroatoms. The summed E-state index contributed by atoms with van der Waals surface area (Å²) >= 11 is 0. The van der Waals surface area contributed by atoms with Crippen molar-refractivity contribution in [3.8, 4) is 0 Å². The highest BCUT2D eigenvalue weighted by Gasteiger charge is 2.42. The maximum absolute atomic E-state index is 12.8. The number of piperidine rings is 1. The van der Waals surface area contributed by atoms with Crippen molar-refractivity contribution in [1.82, 2.24) is 4.90 Å². The van der Waals surface area contributed by atoms with E-state index in [0.29, 0.717) is 5.91 Å². The minimum absolute atomic E-state index is 0.0537. The van der Waals surface area contributed by atoms with Crippen LogP contribution in [0, 0.1) is 5.41 Å². The predicted molar refractivity (Wildman–Crippen MR) is 79.0 cm³/mol. The molecule has 2 rings (SSSR count). The van der Waals surface area contributed by atoms with E-state index in [0.717, 1.165) is 45.2 Å². The quantitative estimate of drug-likeness (QED) is 0.817. The number of rotatable bonds is 6. The fourth-order valence-electron chi connectivity index (χ4n) is 3.64. The van der Waals surface area contributed by atoms with Gasteiger partial charge in [0.1, 0.15) is 0 Å². The smallest absolute Gasteiger partial charge is 0.305 e. The third kappa shape index (κ3) is 3.96. The van der Waals surface area contributed by atoms with Gasteiger partial charge in [-0.15, -0.1) is 0 Å². The number of hydrogen-bond donors (Lipinski definition) is 1. The van der Waals surface area contributed by atoms with Crippen LogP contribution in [-0.2, 0) is 14.3 Å². The average molecular weight is 297 g/mol. The molecule has 2 aliphatic rings. The lowest BCUT2D eigenvalue weighted by atomic mass is 9.81. The van der Waals surface area contributed by atoms with Gasteiger partial charge in [0.05, 0.1) is 19.1 Å². The summed E-state index contributed by atoms with van der Waals surface area (Å²) in [5, 5.41) is 8.60. The zero-order valence-corrected chi connectivity index (χ0v) is 13.0. The predicted octanol–water partition coefficient (Wildman–Crippen LogP) is 2.44. The number of hydrogen-bond acceptors (Lipinski definition) is 3. The van der Waals surface area contributed by atoms with Crippen LogP contribution in [0.3, 0.4) is 0 Å². The molecule has 5 nitrogen and oxygen atoms in total. The highest BCUT2D eigenvalue weighted by molar-refractivity contribution is 5.83. The maximum Gasteiger partial charge on any atom is 0.305 e. The Morgan fingerprint density at radius 3 is 2.38 bits per heavy atom. The van der Waals surface area contributed by atoms with Crippen molar-refractivity contribution in [3.05, 3.63) is 0 Å². The molecule has 0 aromatic rings. The first-order chi connectivity index (χ1) is 10.1. The summed E-state index contributed by atoms with van der Waals surface area (Å²) in [7, 11) is 0. The summed E-state index contributed by atoms with van der Waals surface area (Å²) in [6.45, 7) is 3.90. The van der Waals surface area contributed by atoms with E-state index in [-0.39, 0.29) is 24.5 Å². The van der Waals surface area contributed by atoms with Crippen molar-refractivity contribution in [1.29, 1.82) is 0 Å². The Balaban J connectivity index is 1.78. The van der Waals surface area contributed by atoms with Gasteiger partial charge in [-0.25, -0.2) is 0 Å². The number of aliphatic carboxylic acids is 1. The van der Waals surface area contributed by atoms with Gasteiger partial charge >= 0.3 is 5.97 Å². The van der Waals surface area contributed by atoms with E-state index in [4.69, 9.17) is 9.84 Å². The largest absolute Gasteiger partial charge is 0.481 e. The van der Waals surface area contributed by atoms with Crippen LogP contribution >= 0.6 is 0 Å². The van der Waals surface area contributed by atoms with Crippen LogP contribution in [0.15, 0.2) is 0 Å². The van der Waals surface area contributed by atoms with E-state index in [1.807, 2.05) is 4.90 Å². The van der Waals surface area contributed by atoms with Crippen molar-refractivity contribution in [2.75, 3.05) is 19.7 Å². The van der Waals surface area contributed by atoms with E-state index in [9.17, 15) is 9.59 Å². The highest BCUT2D eigenvalue weighted by atomic mass is 16.5. The second kappa shape index (κ2) is 7.25. The van der Waals surface area contributed by atoms with E-state index in [1.165, 1.54) is 12.8 Å². The Morgan fingerprint density at radius 1 is 1.24 bits per heavy atom. The second-order valence-electron chi connectivity index (χ2n) is 6.35. The monoisotopic (exact) mass is 297 g/mol. The van der Waals surface area contributed by atoms with Crippen LogP contribution in [0.25, 0.3) is 0 Å². The maximum atomic E-state index is 12.8. The Hall–Kier alpha value is -1.10. The Kier molecular flexibility index (Phi) is 5.62. The van der Waals surface area contributed by atoms with Crippen LogP contribution in [0.2, 0.25) is 0 Å². The standard InChI is InChI=1S/C16H27NO4/c1-2-16(8-3-4-9-16)15(20)17-10-5-13(6-11-17)21-12-7-14(18)19/h13H,2-12H2,1H3,(H,18,19). The van der Waals surface area contributed by atoms with Crippen molar-refractivity contribution in [3.63, 3.8) is 0 Å². The molecule has 21 heavy (non-hydrogen) atoms. The SMILES string of the molecule is CCC1(C(=O)N2CCC(OCCC(=O)O)CC2)CCCC1. The minimum Gasteiger partial charge on any atom is -0.481 e. The molecule has 120 valence electrons. The number of carbonyl (C=O) groups excluding carboxylic acids is 1. The van der Waals surface area contributed by atoms with Gasteiger partial charge in [0.25, 0.3) is 0 Å². The van der Waals surface area contributed by atoms with Gasteiger partial charge < -0.3 is 14.7 Å². The topological polar surface area (TPSA) is 66.8 Å². The summed E-state index contributed by atoms with van der Waals surface area (Å²) in [5.74, 6) is -0.486. The van der Waals surface area contributed by atoms with E-state index < -0.39 is 5.97 Å². The van der Waals surface area contributed by atoms with Gasteiger partial charge in [0.15, 0.2) is 0 Å². The Morgan fingerprint density at radius 2 is 1.86 bits per heavy atom. The van der Waals surface area contributed by atoms with E-state index in [2.05, 4.69) is 6.92 Å². The molecule has 1 saturated heterocycles. The normalized spacial score (nSPS) is 22.4. The van der Waals surface area contributed by atoms with Crippen molar-refractivity contribution >= 4 is 11.9 Å². The van der Waals surface area contributed by atoms with Gasteiger partial charge in [0, 0.05) is 18.5 Å². The number of carbonyl (C=O) groups is 2. The summed E-state index contributed by atoms with van der Waals surface area (Å²) in [4.78, 5) is 25.2. The third-order valence-corrected chi connectivity index (χ3v) is 5.09. The van der Waals surface area contributed by atoms with Crippen LogP contribution < -0.4 is 0 Å². The van der Waals surface area contributed by atoms with Crippen LogP contribution in [0.1, 0.15) is 58.3 Å². The number of likely N-dealkylation sites (tertiary alicyclic amines) is 1. The zero-order chi connectivity index (χ0) is 15.3. The van der Waals surface area contributed by atoms with Crippen molar-refractivity contribution < 1.29 is 19.4 Å². The van der Waals surface area contributed by atoms with E-state index >= 15 is 0 Å². The molecule has 0 atom stereocenters. The third-order valence-electron chi connectivity index (χ3n) is 5.09. The molecular weight excluding hydrogens is 270 g/mol. The number of amides is 1. The Bertz CT molecular complexity index is 368. The first-order valence-electron chi connectivity index (χ1n) is 8.20. The zero-order valence-electron chi connectivity index (χ0n) is 13.0. The molecule has 0 spiro atoms. The van der Waals surface area contributed by atoms with Gasteiger partial charge in [-0.3, -0.25) is 9.59 Å². The molecule has 1 heterocycles. The first-order valence-corrected chi connectivity index (χ1v) is 8.20. The molecule has 0 aromatic heterocycles. The first kappa shape index (κ1) is 16.3. The molecule has 1 saturated carbocycles. The molecule has 0 bridgehead atoms. The van der Waals surface area contributed by atoms with Crippen molar-refractivity contribution in [2.45, 2.75) is 64.4 Å². The molecule has 1 aliphatic carbocycles. The molecule has 1 aliphatic heterocycles. The minimum atomic E-state index is -0.825. The lowest BCUT2D eigenvalue weighted by molar-refractivity contribution is -0.145. The molecule has 2 fully saturated rings.